The van der Waals surface area contributed by atoms with Crippen molar-refractivity contribution in [2.24, 2.45) is 0 Å². The van der Waals surface area contributed by atoms with Crippen LogP contribution in [0.5, 0.6) is 0 Å². The summed E-state index contributed by atoms with van der Waals surface area (Å²) in [5, 5.41) is 2.01. The highest BCUT2D eigenvalue weighted by Gasteiger charge is 2.30. The molecule has 3 rings (SSSR count). The molecule has 0 aliphatic carbocycles. The van der Waals surface area contributed by atoms with Crippen molar-refractivity contribution in [1.29, 1.82) is 0 Å². The Morgan fingerprint density at radius 3 is 3.14 bits per heavy atom. The van der Waals surface area contributed by atoms with E-state index in [0.29, 0.717) is 5.75 Å². The molecule has 0 saturated carbocycles. The predicted octanol–water partition coefficient (Wildman–Crippen LogP) is 3.30. The smallest absolute Gasteiger partial charge is 0.233 e. The first-order chi connectivity index (χ1) is 10.2. The fourth-order valence-electron chi connectivity index (χ4n) is 2.55. The molecule has 1 aliphatic heterocycles. The van der Waals surface area contributed by atoms with Gasteiger partial charge in [-0.2, -0.15) is 0 Å². The van der Waals surface area contributed by atoms with Gasteiger partial charge in [0.15, 0.2) is 4.34 Å². The third-order valence-corrected chi connectivity index (χ3v) is 5.64. The number of pyridine rings is 1. The fraction of sp³-hybridized carbons (Fsp3) is 0.400. The Labute approximate surface area is 132 Å². The Balaban J connectivity index is 1.63. The van der Waals surface area contributed by atoms with Crippen LogP contribution in [0.1, 0.15) is 30.3 Å². The summed E-state index contributed by atoms with van der Waals surface area (Å²) >= 11 is 3.13. The van der Waals surface area contributed by atoms with E-state index in [4.69, 9.17) is 0 Å². The standard InChI is InChI=1S/C15H17N3OS2/c1-11-9-20-15(17-11)21-10-14(19)18-8-4-6-13(18)12-5-2-3-7-16-12/h2-3,5,7,9,13H,4,6,8,10H2,1H3/t13-/m1/s1. The quantitative estimate of drug-likeness (QED) is 0.811. The van der Waals surface area contributed by atoms with Crippen molar-refractivity contribution in [2.45, 2.75) is 30.1 Å². The lowest BCUT2D eigenvalue weighted by atomic mass is 10.1. The minimum atomic E-state index is 0.136. The van der Waals surface area contributed by atoms with E-state index in [9.17, 15) is 4.79 Å². The highest BCUT2D eigenvalue weighted by Crippen LogP contribution is 2.32. The van der Waals surface area contributed by atoms with Gasteiger partial charge in [-0.25, -0.2) is 4.98 Å². The molecule has 1 amide bonds. The van der Waals surface area contributed by atoms with Crippen LogP contribution in [0.25, 0.3) is 0 Å². The van der Waals surface area contributed by atoms with Crippen molar-refractivity contribution in [3.63, 3.8) is 0 Å². The fourth-order valence-corrected chi connectivity index (χ4v) is 4.29. The van der Waals surface area contributed by atoms with E-state index in [1.165, 1.54) is 11.8 Å². The van der Waals surface area contributed by atoms with Crippen molar-refractivity contribution >= 4 is 29.0 Å². The van der Waals surface area contributed by atoms with Crippen LogP contribution >= 0.6 is 23.1 Å². The molecule has 6 heteroatoms. The maximum Gasteiger partial charge on any atom is 0.233 e. The van der Waals surface area contributed by atoms with Gasteiger partial charge in [-0.15, -0.1) is 11.3 Å². The summed E-state index contributed by atoms with van der Waals surface area (Å²) in [7, 11) is 0. The number of aromatic nitrogens is 2. The summed E-state index contributed by atoms with van der Waals surface area (Å²) in [6.45, 7) is 2.80. The summed E-state index contributed by atoms with van der Waals surface area (Å²) < 4.78 is 0.967. The summed E-state index contributed by atoms with van der Waals surface area (Å²) in [5.41, 5.74) is 2.01. The Bertz CT molecular complexity index is 614. The maximum atomic E-state index is 12.5. The minimum absolute atomic E-state index is 0.136. The molecule has 2 aromatic heterocycles. The maximum absolute atomic E-state index is 12.5. The molecule has 1 saturated heterocycles. The molecule has 1 atom stereocenters. The van der Waals surface area contributed by atoms with Gasteiger partial charge in [-0.3, -0.25) is 9.78 Å². The highest BCUT2D eigenvalue weighted by atomic mass is 32.2. The van der Waals surface area contributed by atoms with Crippen LogP contribution in [0.2, 0.25) is 0 Å². The lowest BCUT2D eigenvalue weighted by Crippen LogP contribution is -2.32. The molecular formula is C15H17N3OS2. The van der Waals surface area contributed by atoms with Crippen molar-refractivity contribution in [3.8, 4) is 0 Å². The van der Waals surface area contributed by atoms with Gasteiger partial charge in [0, 0.05) is 23.8 Å². The van der Waals surface area contributed by atoms with E-state index in [-0.39, 0.29) is 11.9 Å². The molecule has 0 unspecified atom stereocenters. The van der Waals surface area contributed by atoms with Crippen molar-refractivity contribution < 1.29 is 4.79 Å². The number of nitrogens with zero attached hydrogens (tertiary/aromatic N) is 3. The first-order valence-electron chi connectivity index (χ1n) is 6.99. The summed E-state index contributed by atoms with van der Waals surface area (Å²) in [4.78, 5) is 23.2. The van der Waals surface area contributed by atoms with Crippen LogP contribution in [0.4, 0.5) is 0 Å². The molecule has 1 fully saturated rings. The molecule has 21 heavy (non-hydrogen) atoms. The zero-order valence-corrected chi connectivity index (χ0v) is 13.5. The van der Waals surface area contributed by atoms with E-state index in [2.05, 4.69) is 9.97 Å². The van der Waals surface area contributed by atoms with Gasteiger partial charge in [-0.1, -0.05) is 17.8 Å². The number of carbonyl (C=O) groups is 1. The topological polar surface area (TPSA) is 46.1 Å². The summed E-state index contributed by atoms with van der Waals surface area (Å²) in [6, 6.07) is 6.03. The molecule has 1 aliphatic rings. The number of thiazole rings is 1. The van der Waals surface area contributed by atoms with Gasteiger partial charge < -0.3 is 4.90 Å². The van der Waals surface area contributed by atoms with E-state index in [0.717, 1.165) is 35.1 Å². The first-order valence-corrected chi connectivity index (χ1v) is 8.86. The van der Waals surface area contributed by atoms with Gasteiger partial charge in [0.25, 0.3) is 0 Å². The van der Waals surface area contributed by atoms with Crippen molar-refractivity contribution in [1.82, 2.24) is 14.9 Å². The second-order valence-electron chi connectivity index (χ2n) is 5.04. The number of hydrogen-bond donors (Lipinski definition) is 0. The Kier molecular flexibility index (Phi) is 4.55. The van der Waals surface area contributed by atoms with Crippen LogP contribution in [0.3, 0.4) is 0 Å². The normalized spacial score (nSPS) is 18.1. The molecule has 0 aromatic carbocycles. The van der Waals surface area contributed by atoms with E-state index < -0.39 is 0 Å². The molecule has 2 aromatic rings. The highest BCUT2D eigenvalue weighted by molar-refractivity contribution is 8.01. The largest absolute Gasteiger partial charge is 0.333 e. The third kappa shape index (κ3) is 3.44. The summed E-state index contributed by atoms with van der Waals surface area (Å²) in [6.07, 6.45) is 3.85. The zero-order valence-electron chi connectivity index (χ0n) is 11.9. The molecular weight excluding hydrogens is 302 g/mol. The average Bonchev–Trinajstić information content (AvgIpc) is 3.14. The van der Waals surface area contributed by atoms with Crippen LogP contribution in [-0.4, -0.2) is 33.1 Å². The average molecular weight is 319 g/mol. The van der Waals surface area contributed by atoms with Crippen molar-refractivity contribution in [2.75, 3.05) is 12.3 Å². The summed E-state index contributed by atoms with van der Waals surface area (Å²) in [5.74, 6) is 0.636. The second-order valence-corrected chi connectivity index (χ2v) is 7.12. The lowest BCUT2D eigenvalue weighted by molar-refractivity contribution is -0.129. The first kappa shape index (κ1) is 14.5. The molecule has 0 bridgehead atoms. The zero-order chi connectivity index (χ0) is 14.7. The third-order valence-electron chi connectivity index (χ3n) is 3.52. The Morgan fingerprint density at radius 2 is 2.43 bits per heavy atom. The monoisotopic (exact) mass is 319 g/mol. The number of likely N-dealkylation sites (tertiary alicyclic amines) is 1. The number of aryl methyl sites for hydroxylation is 1. The number of carbonyl (C=O) groups excluding carboxylic acids is 1. The second kappa shape index (κ2) is 6.58. The van der Waals surface area contributed by atoms with E-state index in [1.54, 1.807) is 17.5 Å². The minimum Gasteiger partial charge on any atom is -0.333 e. The molecule has 0 N–H and O–H groups in total. The Morgan fingerprint density at radius 1 is 1.52 bits per heavy atom. The predicted molar refractivity (Wildman–Crippen MR) is 85.5 cm³/mol. The van der Waals surface area contributed by atoms with Crippen LogP contribution < -0.4 is 0 Å². The van der Waals surface area contributed by atoms with Gasteiger partial charge in [0.1, 0.15) is 0 Å². The van der Waals surface area contributed by atoms with Gasteiger partial charge in [0.05, 0.1) is 17.5 Å². The molecule has 3 heterocycles. The SMILES string of the molecule is Cc1csc(SCC(=O)N2CCC[C@@H]2c2ccccn2)n1. The van der Waals surface area contributed by atoms with Crippen molar-refractivity contribution in [3.05, 3.63) is 41.2 Å². The van der Waals surface area contributed by atoms with Gasteiger partial charge >= 0.3 is 0 Å². The van der Waals surface area contributed by atoms with Crippen LogP contribution in [0.15, 0.2) is 34.1 Å². The molecule has 0 radical (unpaired) electrons. The van der Waals surface area contributed by atoms with Crippen LogP contribution in [0, 0.1) is 6.92 Å². The van der Waals surface area contributed by atoms with E-state index >= 15 is 0 Å². The number of thioether (sulfide) groups is 1. The molecule has 4 nitrogen and oxygen atoms in total. The Hall–Kier alpha value is -1.40. The van der Waals surface area contributed by atoms with E-state index in [1.807, 2.05) is 35.4 Å². The number of hydrogen-bond acceptors (Lipinski definition) is 5. The molecule has 110 valence electrons. The van der Waals surface area contributed by atoms with Crippen LogP contribution in [-0.2, 0) is 4.79 Å². The van der Waals surface area contributed by atoms with Gasteiger partial charge in [-0.05, 0) is 31.9 Å². The number of rotatable bonds is 4. The molecule has 0 spiro atoms. The lowest BCUT2D eigenvalue weighted by Gasteiger charge is -2.24. The number of amides is 1. The van der Waals surface area contributed by atoms with Gasteiger partial charge in [0.2, 0.25) is 5.91 Å².